The first-order valence-electron chi connectivity index (χ1n) is 5.62. The highest BCUT2D eigenvalue weighted by molar-refractivity contribution is 5.82. The van der Waals surface area contributed by atoms with Gasteiger partial charge in [-0.05, 0) is 26.2 Å². The lowest BCUT2D eigenvalue weighted by Gasteiger charge is -2.15. The molecule has 1 aliphatic rings. The normalized spacial score (nSPS) is 20.3. The lowest BCUT2D eigenvalue weighted by molar-refractivity contribution is 0.589. The molecule has 1 heterocycles. The summed E-state index contributed by atoms with van der Waals surface area (Å²) in [5, 5.41) is 3.51. The van der Waals surface area contributed by atoms with E-state index in [-0.39, 0.29) is 0 Å². The van der Waals surface area contributed by atoms with Crippen molar-refractivity contribution in [1.82, 2.24) is 5.32 Å². The van der Waals surface area contributed by atoms with E-state index in [0.29, 0.717) is 6.04 Å². The van der Waals surface area contributed by atoms with Crippen molar-refractivity contribution < 1.29 is 0 Å². The lowest BCUT2D eigenvalue weighted by atomic mass is 10.1. The molecule has 0 radical (unpaired) electrons. The monoisotopic (exact) mass is 182 g/mol. The van der Waals surface area contributed by atoms with Gasteiger partial charge in [0.15, 0.2) is 0 Å². The predicted octanol–water partition coefficient (Wildman–Crippen LogP) is 2.74. The fourth-order valence-electron chi connectivity index (χ4n) is 1.78. The third-order valence-electron chi connectivity index (χ3n) is 2.51. The van der Waals surface area contributed by atoms with Crippen LogP contribution in [0.15, 0.2) is 4.99 Å². The molecule has 0 fully saturated rings. The first kappa shape index (κ1) is 10.6. The third-order valence-corrected chi connectivity index (χ3v) is 2.51. The van der Waals surface area contributed by atoms with Crippen LogP contribution in [0.2, 0.25) is 0 Å². The quantitative estimate of drug-likeness (QED) is 0.713. The Morgan fingerprint density at radius 3 is 3.00 bits per heavy atom. The minimum atomic E-state index is 0.599. The Labute approximate surface area is 81.8 Å². The van der Waals surface area contributed by atoms with Gasteiger partial charge in [0.1, 0.15) is 0 Å². The van der Waals surface area contributed by atoms with Crippen LogP contribution in [0.1, 0.15) is 52.4 Å². The predicted molar refractivity (Wildman–Crippen MR) is 58.3 cm³/mol. The summed E-state index contributed by atoms with van der Waals surface area (Å²) in [5.41, 5.74) is 0. The van der Waals surface area contributed by atoms with Gasteiger partial charge in [0, 0.05) is 19.0 Å². The van der Waals surface area contributed by atoms with Crippen LogP contribution >= 0.6 is 0 Å². The summed E-state index contributed by atoms with van der Waals surface area (Å²) in [6.07, 6.45) is 7.59. The van der Waals surface area contributed by atoms with Gasteiger partial charge in [0.05, 0.1) is 5.84 Å². The highest BCUT2D eigenvalue weighted by Gasteiger charge is 2.06. The molecule has 0 amide bonds. The van der Waals surface area contributed by atoms with E-state index in [1.54, 1.807) is 0 Å². The summed E-state index contributed by atoms with van der Waals surface area (Å²) in [6, 6.07) is 0.599. The van der Waals surface area contributed by atoms with Gasteiger partial charge >= 0.3 is 0 Å². The maximum absolute atomic E-state index is 4.55. The molecule has 0 saturated carbocycles. The third kappa shape index (κ3) is 4.30. The maximum Gasteiger partial charge on any atom is 0.0965 e. The van der Waals surface area contributed by atoms with Crippen molar-refractivity contribution in [3.05, 3.63) is 0 Å². The van der Waals surface area contributed by atoms with Gasteiger partial charge < -0.3 is 5.32 Å². The minimum Gasteiger partial charge on any atom is -0.371 e. The van der Waals surface area contributed by atoms with Crippen LogP contribution in [0, 0.1) is 0 Å². The van der Waals surface area contributed by atoms with E-state index in [9.17, 15) is 0 Å². The number of hydrogen-bond acceptors (Lipinski definition) is 2. The molecule has 76 valence electrons. The number of amidine groups is 1. The Morgan fingerprint density at radius 2 is 2.23 bits per heavy atom. The van der Waals surface area contributed by atoms with Crippen molar-refractivity contribution in [2.24, 2.45) is 4.99 Å². The van der Waals surface area contributed by atoms with E-state index in [1.807, 2.05) is 0 Å². The molecule has 1 aliphatic heterocycles. The Kier molecular flexibility index (Phi) is 4.87. The van der Waals surface area contributed by atoms with Crippen LogP contribution in [0.4, 0.5) is 0 Å². The second-order valence-electron chi connectivity index (χ2n) is 3.97. The zero-order valence-electron chi connectivity index (χ0n) is 8.97. The van der Waals surface area contributed by atoms with Crippen molar-refractivity contribution in [3.63, 3.8) is 0 Å². The summed E-state index contributed by atoms with van der Waals surface area (Å²) < 4.78 is 0. The fourth-order valence-corrected chi connectivity index (χ4v) is 1.78. The maximum atomic E-state index is 4.55. The molecule has 0 bridgehead atoms. The molecule has 1 rings (SSSR count). The van der Waals surface area contributed by atoms with Crippen LogP contribution in [0.5, 0.6) is 0 Å². The van der Waals surface area contributed by atoms with Gasteiger partial charge in [-0.3, -0.25) is 4.99 Å². The molecule has 1 atom stereocenters. The van der Waals surface area contributed by atoms with E-state index >= 15 is 0 Å². The van der Waals surface area contributed by atoms with E-state index in [1.165, 1.54) is 37.9 Å². The summed E-state index contributed by atoms with van der Waals surface area (Å²) in [6.45, 7) is 5.51. The average Bonchev–Trinajstić information content (AvgIpc) is 2.33. The largest absolute Gasteiger partial charge is 0.371 e. The SMILES string of the molecule is CCC[C@H](C)NC1=NCCCCC1. The van der Waals surface area contributed by atoms with Gasteiger partial charge in [0.25, 0.3) is 0 Å². The van der Waals surface area contributed by atoms with E-state index < -0.39 is 0 Å². The van der Waals surface area contributed by atoms with Gasteiger partial charge in [-0.25, -0.2) is 0 Å². The number of hydrogen-bond donors (Lipinski definition) is 1. The molecule has 0 aromatic rings. The molecule has 0 spiro atoms. The Hall–Kier alpha value is -0.530. The van der Waals surface area contributed by atoms with Crippen LogP contribution in [-0.4, -0.2) is 18.4 Å². The number of rotatable bonds is 3. The molecule has 13 heavy (non-hydrogen) atoms. The van der Waals surface area contributed by atoms with Gasteiger partial charge in [-0.15, -0.1) is 0 Å². The van der Waals surface area contributed by atoms with Crippen molar-refractivity contribution in [1.29, 1.82) is 0 Å². The second-order valence-corrected chi connectivity index (χ2v) is 3.97. The molecule has 2 nitrogen and oxygen atoms in total. The van der Waals surface area contributed by atoms with E-state index in [4.69, 9.17) is 0 Å². The van der Waals surface area contributed by atoms with Crippen LogP contribution < -0.4 is 5.32 Å². The van der Waals surface area contributed by atoms with E-state index in [2.05, 4.69) is 24.2 Å². The van der Waals surface area contributed by atoms with Gasteiger partial charge in [-0.2, -0.15) is 0 Å². The fraction of sp³-hybridized carbons (Fsp3) is 0.909. The molecule has 0 saturated heterocycles. The first-order chi connectivity index (χ1) is 6.33. The Bertz CT molecular complexity index is 163. The van der Waals surface area contributed by atoms with E-state index in [0.717, 1.165) is 13.0 Å². The number of aliphatic imine (C=N–C) groups is 1. The topological polar surface area (TPSA) is 24.4 Å². The summed E-state index contributed by atoms with van der Waals surface area (Å²) >= 11 is 0. The van der Waals surface area contributed by atoms with Crippen molar-refractivity contribution >= 4 is 5.84 Å². The molecule has 0 aromatic heterocycles. The Morgan fingerprint density at radius 1 is 1.38 bits per heavy atom. The van der Waals surface area contributed by atoms with Gasteiger partial charge in [0.2, 0.25) is 0 Å². The molecule has 2 heteroatoms. The minimum absolute atomic E-state index is 0.599. The number of nitrogens with zero attached hydrogens (tertiary/aromatic N) is 1. The van der Waals surface area contributed by atoms with Crippen molar-refractivity contribution in [2.45, 2.75) is 58.4 Å². The molecular weight excluding hydrogens is 160 g/mol. The second kappa shape index (κ2) is 6.01. The summed E-state index contributed by atoms with van der Waals surface area (Å²) in [7, 11) is 0. The molecule has 0 aromatic carbocycles. The van der Waals surface area contributed by atoms with Crippen LogP contribution in [-0.2, 0) is 0 Å². The summed E-state index contributed by atoms with van der Waals surface area (Å²) in [4.78, 5) is 4.55. The summed E-state index contributed by atoms with van der Waals surface area (Å²) in [5.74, 6) is 1.25. The standard InChI is InChI=1S/C11H22N2/c1-3-7-10(2)13-11-8-5-4-6-9-12-11/h10H,3-9H2,1-2H3,(H,12,13)/t10-/m0/s1. The van der Waals surface area contributed by atoms with Crippen LogP contribution in [0.25, 0.3) is 0 Å². The van der Waals surface area contributed by atoms with Crippen molar-refractivity contribution in [3.8, 4) is 0 Å². The molecule has 0 unspecified atom stereocenters. The van der Waals surface area contributed by atoms with Crippen LogP contribution in [0.3, 0.4) is 0 Å². The smallest absolute Gasteiger partial charge is 0.0965 e. The Balaban J connectivity index is 2.28. The first-order valence-corrected chi connectivity index (χ1v) is 5.62. The van der Waals surface area contributed by atoms with Crippen molar-refractivity contribution in [2.75, 3.05) is 6.54 Å². The average molecular weight is 182 g/mol. The zero-order chi connectivity index (χ0) is 9.52. The molecule has 1 N–H and O–H groups in total. The number of nitrogens with one attached hydrogen (secondary N) is 1. The highest BCUT2D eigenvalue weighted by atomic mass is 15.0. The highest BCUT2D eigenvalue weighted by Crippen LogP contribution is 2.07. The zero-order valence-corrected chi connectivity index (χ0v) is 8.97. The lowest BCUT2D eigenvalue weighted by Crippen LogP contribution is -2.32. The molecule has 0 aliphatic carbocycles. The van der Waals surface area contributed by atoms with Gasteiger partial charge in [-0.1, -0.05) is 19.8 Å². The molecular formula is C11H22N2.